The smallest absolute Gasteiger partial charge is 0.321 e. The Kier molecular flexibility index (Phi) is 3.72. The number of halogens is 2. The number of carboxylic acids is 2. The summed E-state index contributed by atoms with van der Waals surface area (Å²) in [7, 11) is 0. The molecule has 0 heterocycles. The maximum Gasteiger partial charge on any atom is 0.321 e. The predicted octanol–water partition coefficient (Wildman–Crippen LogP) is 2.20. The number of rotatable bonds is 4. The van der Waals surface area contributed by atoms with E-state index in [-0.39, 0.29) is 10.6 Å². The first-order chi connectivity index (χ1) is 7.79. The van der Waals surface area contributed by atoms with E-state index in [0.717, 1.165) is 13.0 Å². The number of carbonyl (C=O) groups is 2. The highest BCUT2D eigenvalue weighted by molar-refractivity contribution is 6.31. The van der Waals surface area contributed by atoms with Crippen molar-refractivity contribution >= 4 is 23.5 Å². The standard InChI is InChI=1S/C11H10ClFO4/c1-11(9(14)15,10(16)17)5-6-7(12)3-2-4-8(6)13/h2-4H,5H2,1H3,(H,14,15)(H,16,17). The minimum Gasteiger partial charge on any atom is -0.480 e. The SMILES string of the molecule is CC(Cc1c(F)cccc1Cl)(C(=O)O)C(=O)O. The third-order valence-electron chi connectivity index (χ3n) is 2.54. The number of carboxylic acid groups (broad SMARTS) is 2. The van der Waals surface area contributed by atoms with Crippen molar-refractivity contribution in [2.24, 2.45) is 5.41 Å². The molecule has 4 nitrogen and oxygen atoms in total. The zero-order valence-electron chi connectivity index (χ0n) is 8.91. The van der Waals surface area contributed by atoms with Gasteiger partial charge in [0.25, 0.3) is 0 Å². The molecule has 17 heavy (non-hydrogen) atoms. The molecule has 0 unspecified atom stereocenters. The normalized spacial score (nSPS) is 11.2. The molecule has 0 aliphatic carbocycles. The number of hydrogen-bond donors (Lipinski definition) is 2. The Labute approximate surface area is 102 Å². The maximum atomic E-state index is 13.4. The third kappa shape index (κ3) is 2.55. The lowest BCUT2D eigenvalue weighted by molar-refractivity contribution is -0.163. The Morgan fingerprint density at radius 3 is 2.29 bits per heavy atom. The van der Waals surface area contributed by atoms with Crippen LogP contribution < -0.4 is 0 Å². The van der Waals surface area contributed by atoms with Gasteiger partial charge >= 0.3 is 11.9 Å². The van der Waals surface area contributed by atoms with Crippen molar-refractivity contribution in [1.82, 2.24) is 0 Å². The van der Waals surface area contributed by atoms with Gasteiger partial charge in [0.05, 0.1) is 0 Å². The molecule has 2 N–H and O–H groups in total. The van der Waals surface area contributed by atoms with E-state index in [0.29, 0.717) is 0 Å². The third-order valence-corrected chi connectivity index (χ3v) is 2.89. The fraction of sp³-hybridized carbons (Fsp3) is 0.273. The molecular formula is C11H10ClFO4. The molecule has 0 aromatic heterocycles. The summed E-state index contributed by atoms with van der Waals surface area (Å²) in [5.41, 5.74) is -2.22. The molecule has 6 heteroatoms. The number of aliphatic carboxylic acids is 2. The first-order valence-corrected chi connectivity index (χ1v) is 5.06. The molecule has 0 fully saturated rings. The second-order valence-corrected chi connectivity index (χ2v) is 4.23. The molecule has 92 valence electrons. The van der Waals surface area contributed by atoms with Crippen LogP contribution in [0.15, 0.2) is 18.2 Å². The number of hydrogen-bond acceptors (Lipinski definition) is 2. The lowest BCUT2D eigenvalue weighted by Gasteiger charge is -2.20. The molecule has 0 bridgehead atoms. The van der Waals surface area contributed by atoms with Gasteiger partial charge in [0.1, 0.15) is 5.82 Å². The van der Waals surface area contributed by atoms with Gasteiger partial charge in [0.2, 0.25) is 0 Å². The summed E-state index contributed by atoms with van der Waals surface area (Å²) in [6.45, 7) is 1.01. The van der Waals surface area contributed by atoms with E-state index in [1.54, 1.807) is 0 Å². The van der Waals surface area contributed by atoms with Crippen LogP contribution in [0.3, 0.4) is 0 Å². The molecule has 1 aromatic carbocycles. The van der Waals surface area contributed by atoms with Crippen LogP contribution in [0.5, 0.6) is 0 Å². The average molecular weight is 261 g/mol. The Balaban J connectivity index is 3.20. The monoisotopic (exact) mass is 260 g/mol. The van der Waals surface area contributed by atoms with Crippen LogP contribution in [0, 0.1) is 11.2 Å². The molecule has 0 atom stereocenters. The first kappa shape index (κ1) is 13.4. The van der Waals surface area contributed by atoms with Gasteiger partial charge in [-0.3, -0.25) is 9.59 Å². The molecule has 0 aliphatic heterocycles. The lowest BCUT2D eigenvalue weighted by Crippen LogP contribution is -2.38. The summed E-state index contributed by atoms with van der Waals surface area (Å²) in [6.07, 6.45) is -0.511. The van der Waals surface area contributed by atoms with Crippen molar-refractivity contribution in [1.29, 1.82) is 0 Å². The Hall–Kier alpha value is -1.62. The highest BCUT2D eigenvalue weighted by Crippen LogP contribution is 2.29. The van der Waals surface area contributed by atoms with Crippen LogP contribution in [0.2, 0.25) is 5.02 Å². The van der Waals surface area contributed by atoms with Gasteiger partial charge in [0.15, 0.2) is 5.41 Å². The molecule has 0 spiro atoms. The fourth-order valence-corrected chi connectivity index (χ4v) is 1.53. The largest absolute Gasteiger partial charge is 0.480 e. The van der Waals surface area contributed by atoms with Crippen LogP contribution in [0.25, 0.3) is 0 Å². The van der Waals surface area contributed by atoms with Crippen LogP contribution in [-0.4, -0.2) is 22.2 Å². The second-order valence-electron chi connectivity index (χ2n) is 3.82. The highest BCUT2D eigenvalue weighted by Gasteiger charge is 2.42. The highest BCUT2D eigenvalue weighted by atomic mass is 35.5. The van der Waals surface area contributed by atoms with Gasteiger partial charge in [-0.15, -0.1) is 0 Å². The molecule has 0 saturated heterocycles. The minimum absolute atomic E-state index is 0.0127. The average Bonchev–Trinajstić information content (AvgIpc) is 2.22. The van der Waals surface area contributed by atoms with E-state index < -0.39 is 29.6 Å². The summed E-state index contributed by atoms with van der Waals surface area (Å²) in [6, 6.07) is 3.84. The van der Waals surface area contributed by atoms with Crippen molar-refractivity contribution in [2.45, 2.75) is 13.3 Å². The van der Waals surface area contributed by atoms with Gasteiger partial charge in [-0.05, 0) is 19.1 Å². The zero-order chi connectivity index (χ0) is 13.2. The van der Waals surface area contributed by atoms with Crippen molar-refractivity contribution in [3.05, 3.63) is 34.6 Å². The molecular weight excluding hydrogens is 251 g/mol. The Morgan fingerprint density at radius 1 is 1.35 bits per heavy atom. The van der Waals surface area contributed by atoms with Gasteiger partial charge in [-0.1, -0.05) is 17.7 Å². The molecule has 0 aliphatic rings. The van der Waals surface area contributed by atoms with E-state index in [2.05, 4.69) is 0 Å². The summed E-state index contributed by atoms with van der Waals surface area (Å²) >= 11 is 5.72. The van der Waals surface area contributed by atoms with Gasteiger partial charge < -0.3 is 10.2 Å². The molecule has 0 amide bonds. The van der Waals surface area contributed by atoms with Crippen LogP contribution in [0.4, 0.5) is 4.39 Å². The Bertz CT molecular complexity index is 438. The summed E-state index contributed by atoms with van der Waals surface area (Å²) < 4.78 is 13.4. The fourth-order valence-electron chi connectivity index (χ4n) is 1.30. The van der Waals surface area contributed by atoms with Crippen molar-refractivity contribution < 1.29 is 24.2 Å². The quantitative estimate of drug-likeness (QED) is 0.814. The van der Waals surface area contributed by atoms with Crippen LogP contribution in [-0.2, 0) is 16.0 Å². The predicted molar refractivity (Wildman–Crippen MR) is 58.5 cm³/mol. The van der Waals surface area contributed by atoms with Crippen molar-refractivity contribution in [2.75, 3.05) is 0 Å². The van der Waals surface area contributed by atoms with Gasteiger partial charge in [0, 0.05) is 17.0 Å². The van der Waals surface area contributed by atoms with Crippen molar-refractivity contribution in [3.63, 3.8) is 0 Å². The van der Waals surface area contributed by atoms with Crippen LogP contribution in [0.1, 0.15) is 12.5 Å². The van der Waals surface area contributed by atoms with Crippen molar-refractivity contribution in [3.8, 4) is 0 Å². The minimum atomic E-state index is -2.11. The first-order valence-electron chi connectivity index (χ1n) is 4.68. The summed E-state index contributed by atoms with van der Waals surface area (Å²) in [4.78, 5) is 21.9. The van der Waals surface area contributed by atoms with E-state index in [4.69, 9.17) is 21.8 Å². The number of benzene rings is 1. The summed E-state index contributed by atoms with van der Waals surface area (Å²) in [5, 5.41) is 17.8. The second kappa shape index (κ2) is 4.71. The van der Waals surface area contributed by atoms with E-state index in [1.165, 1.54) is 12.1 Å². The zero-order valence-corrected chi connectivity index (χ0v) is 9.66. The molecule has 1 aromatic rings. The van der Waals surface area contributed by atoms with E-state index >= 15 is 0 Å². The van der Waals surface area contributed by atoms with E-state index in [9.17, 15) is 14.0 Å². The topological polar surface area (TPSA) is 74.6 Å². The Morgan fingerprint density at radius 2 is 1.88 bits per heavy atom. The maximum absolute atomic E-state index is 13.4. The molecule has 0 radical (unpaired) electrons. The lowest BCUT2D eigenvalue weighted by atomic mass is 9.83. The summed E-state index contributed by atoms with van der Waals surface area (Å²) in [5.74, 6) is -3.79. The molecule has 0 saturated carbocycles. The molecule has 1 rings (SSSR count). The van der Waals surface area contributed by atoms with Gasteiger partial charge in [-0.2, -0.15) is 0 Å². The van der Waals surface area contributed by atoms with Crippen LogP contribution >= 0.6 is 11.6 Å². The van der Waals surface area contributed by atoms with Gasteiger partial charge in [-0.25, -0.2) is 4.39 Å². The van der Waals surface area contributed by atoms with E-state index in [1.807, 2.05) is 0 Å².